The Morgan fingerprint density at radius 3 is 2.45 bits per heavy atom. The van der Waals surface area contributed by atoms with Crippen molar-refractivity contribution >= 4 is 5.97 Å². The molecule has 0 bridgehead atoms. The first-order chi connectivity index (χ1) is 10.7. The largest absolute Gasteiger partial charge is 0.478 e. The molecule has 0 aliphatic carbocycles. The third-order valence-electron chi connectivity index (χ3n) is 3.38. The van der Waals surface area contributed by atoms with Gasteiger partial charge in [-0.25, -0.2) is 4.79 Å². The van der Waals surface area contributed by atoms with E-state index in [1.807, 2.05) is 24.3 Å². The maximum atomic E-state index is 11.4. The first-order valence-electron chi connectivity index (χ1n) is 6.59. The fourth-order valence-electron chi connectivity index (χ4n) is 2.36. The molecule has 0 fully saturated rings. The summed E-state index contributed by atoms with van der Waals surface area (Å²) in [6.45, 7) is 0. The van der Waals surface area contributed by atoms with Gasteiger partial charge in [0.25, 0.3) is 0 Å². The molecule has 1 heterocycles. The molecule has 3 aromatic rings. The van der Waals surface area contributed by atoms with Crippen molar-refractivity contribution in [2.75, 3.05) is 0 Å². The molecule has 0 radical (unpaired) electrons. The first-order valence-corrected chi connectivity index (χ1v) is 6.59. The van der Waals surface area contributed by atoms with Crippen molar-refractivity contribution < 1.29 is 9.90 Å². The van der Waals surface area contributed by atoms with Crippen molar-refractivity contribution in [3.05, 3.63) is 65.5 Å². The summed E-state index contributed by atoms with van der Waals surface area (Å²) in [7, 11) is 0. The number of carboxylic acid groups (broad SMARTS) is 1. The number of benzene rings is 2. The Labute approximate surface area is 125 Å². The summed E-state index contributed by atoms with van der Waals surface area (Å²) in [4.78, 5) is 11.4. The Bertz CT molecular complexity index is 801. The molecule has 0 saturated heterocycles. The summed E-state index contributed by atoms with van der Waals surface area (Å²) in [5.41, 5.74) is 8.48. The molecule has 7 nitrogen and oxygen atoms in total. The number of aromatic nitrogens is 4. The summed E-state index contributed by atoms with van der Waals surface area (Å²) < 4.78 is 0. The van der Waals surface area contributed by atoms with Crippen molar-refractivity contribution in [3.63, 3.8) is 0 Å². The molecule has 3 rings (SSSR count). The van der Waals surface area contributed by atoms with E-state index in [4.69, 9.17) is 5.73 Å². The lowest BCUT2D eigenvalue weighted by Gasteiger charge is -2.15. The van der Waals surface area contributed by atoms with E-state index < -0.39 is 12.0 Å². The summed E-state index contributed by atoms with van der Waals surface area (Å²) >= 11 is 0. The number of aromatic carboxylic acids is 1. The second-order valence-corrected chi connectivity index (χ2v) is 4.69. The number of carbonyl (C=O) groups is 1. The number of rotatable bonds is 4. The van der Waals surface area contributed by atoms with Gasteiger partial charge in [0, 0.05) is 0 Å². The fourth-order valence-corrected chi connectivity index (χ4v) is 2.36. The van der Waals surface area contributed by atoms with Crippen molar-refractivity contribution in [1.82, 2.24) is 20.6 Å². The number of nitrogens with one attached hydrogen (secondary N) is 1. The molecule has 1 atom stereocenters. The smallest absolute Gasteiger partial charge is 0.336 e. The van der Waals surface area contributed by atoms with Gasteiger partial charge in [-0.2, -0.15) is 5.21 Å². The van der Waals surface area contributed by atoms with Crippen LogP contribution in [0.2, 0.25) is 0 Å². The van der Waals surface area contributed by atoms with Gasteiger partial charge in [-0.1, -0.05) is 47.7 Å². The van der Waals surface area contributed by atoms with Crippen molar-refractivity contribution in [2.45, 2.75) is 6.04 Å². The molecule has 7 heteroatoms. The molecule has 0 saturated carbocycles. The fraction of sp³-hybridized carbons (Fsp3) is 0.0667. The first kappa shape index (κ1) is 13.9. The molecular formula is C15H13N5O2. The number of hydrogen-bond donors (Lipinski definition) is 3. The molecule has 1 aromatic heterocycles. The minimum atomic E-state index is -0.987. The molecule has 0 amide bonds. The Morgan fingerprint density at radius 1 is 1.09 bits per heavy atom. The molecule has 1 unspecified atom stereocenters. The van der Waals surface area contributed by atoms with Crippen LogP contribution >= 0.6 is 0 Å². The second-order valence-electron chi connectivity index (χ2n) is 4.69. The zero-order valence-corrected chi connectivity index (χ0v) is 11.5. The van der Waals surface area contributed by atoms with Crippen molar-refractivity contribution in [2.24, 2.45) is 5.73 Å². The highest BCUT2D eigenvalue weighted by Crippen LogP contribution is 2.31. The highest BCUT2D eigenvalue weighted by Gasteiger charge is 2.20. The number of nitrogens with two attached hydrogens (primary N) is 1. The second kappa shape index (κ2) is 5.74. The van der Waals surface area contributed by atoms with Crippen LogP contribution in [0.3, 0.4) is 0 Å². The lowest BCUT2D eigenvalue weighted by molar-refractivity contribution is 0.0697. The summed E-state index contributed by atoms with van der Waals surface area (Å²) in [6.07, 6.45) is 0. The van der Waals surface area contributed by atoms with Crippen LogP contribution < -0.4 is 5.73 Å². The Hall–Kier alpha value is -3.06. The van der Waals surface area contributed by atoms with Crippen molar-refractivity contribution in [1.29, 1.82) is 0 Å². The van der Waals surface area contributed by atoms with Gasteiger partial charge < -0.3 is 10.8 Å². The topological polar surface area (TPSA) is 118 Å². The van der Waals surface area contributed by atoms with E-state index in [1.165, 1.54) is 0 Å². The van der Waals surface area contributed by atoms with Gasteiger partial charge >= 0.3 is 5.97 Å². The molecule has 110 valence electrons. The van der Waals surface area contributed by atoms with Crippen LogP contribution in [0, 0.1) is 0 Å². The van der Waals surface area contributed by atoms with E-state index in [0.29, 0.717) is 11.4 Å². The van der Waals surface area contributed by atoms with Gasteiger partial charge in [-0.05, 0) is 22.8 Å². The Kier molecular flexibility index (Phi) is 3.63. The van der Waals surface area contributed by atoms with E-state index in [-0.39, 0.29) is 5.56 Å². The van der Waals surface area contributed by atoms with Crippen LogP contribution in [0.25, 0.3) is 11.1 Å². The third-order valence-corrected chi connectivity index (χ3v) is 3.38. The van der Waals surface area contributed by atoms with Crippen LogP contribution in [-0.4, -0.2) is 31.7 Å². The predicted molar refractivity (Wildman–Crippen MR) is 79.0 cm³/mol. The molecule has 0 aliphatic rings. The quantitative estimate of drug-likeness (QED) is 0.673. The average molecular weight is 295 g/mol. The minimum Gasteiger partial charge on any atom is -0.478 e. The van der Waals surface area contributed by atoms with Crippen molar-refractivity contribution in [3.8, 4) is 11.1 Å². The number of nitrogens with zero attached hydrogens (tertiary/aromatic N) is 3. The summed E-state index contributed by atoms with van der Waals surface area (Å²) in [5, 5.41) is 23.0. The SMILES string of the molecule is NC(c1nn[nH]n1)c1ccccc1-c1ccccc1C(=O)O. The van der Waals surface area contributed by atoms with E-state index in [9.17, 15) is 9.90 Å². The van der Waals surface area contributed by atoms with Gasteiger partial charge in [-0.3, -0.25) is 0 Å². The van der Waals surface area contributed by atoms with E-state index in [0.717, 1.165) is 11.1 Å². The number of H-pyrrole nitrogens is 1. The van der Waals surface area contributed by atoms with Gasteiger partial charge in [-0.15, -0.1) is 10.2 Å². The highest BCUT2D eigenvalue weighted by molar-refractivity contribution is 5.96. The van der Waals surface area contributed by atoms with Crippen LogP contribution in [-0.2, 0) is 0 Å². The molecule has 2 aromatic carbocycles. The molecule has 0 spiro atoms. The van der Waals surface area contributed by atoms with Gasteiger partial charge in [0.15, 0.2) is 5.82 Å². The molecule has 4 N–H and O–H groups in total. The van der Waals surface area contributed by atoms with E-state index in [2.05, 4.69) is 20.6 Å². The molecule has 0 aliphatic heterocycles. The maximum absolute atomic E-state index is 11.4. The lowest BCUT2D eigenvalue weighted by Crippen LogP contribution is -2.15. The van der Waals surface area contributed by atoms with Crippen LogP contribution in [0.15, 0.2) is 48.5 Å². The molecule has 22 heavy (non-hydrogen) atoms. The zero-order valence-electron chi connectivity index (χ0n) is 11.5. The summed E-state index contributed by atoms with van der Waals surface area (Å²) in [5.74, 6) is -0.640. The van der Waals surface area contributed by atoms with Crippen LogP contribution in [0.5, 0.6) is 0 Å². The average Bonchev–Trinajstić information content (AvgIpc) is 3.08. The van der Waals surface area contributed by atoms with Gasteiger partial charge in [0.1, 0.15) is 0 Å². The molecular weight excluding hydrogens is 282 g/mol. The number of aromatic amines is 1. The van der Waals surface area contributed by atoms with Gasteiger partial charge in [0.05, 0.1) is 11.6 Å². The number of hydrogen-bond acceptors (Lipinski definition) is 5. The Morgan fingerprint density at radius 2 is 1.77 bits per heavy atom. The highest BCUT2D eigenvalue weighted by atomic mass is 16.4. The third kappa shape index (κ3) is 2.45. The normalized spacial score (nSPS) is 12.0. The van der Waals surface area contributed by atoms with E-state index >= 15 is 0 Å². The van der Waals surface area contributed by atoms with Crippen LogP contribution in [0.4, 0.5) is 0 Å². The lowest BCUT2D eigenvalue weighted by atomic mass is 9.92. The van der Waals surface area contributed by atoms with Crippen LogP contribution in [0.1, 0.15) is 27.8 Å². The van der Waals surface area contributed by atoms with E-state index in [1.54, 1.807) is 24.3 Å². The monoisotopic (exact) mass is 295 g/mol. The number of carboxylic acids is 1. The maximum Gasteiger partial charge on any atom is 0.336 e. The summed E-state index contributed by atoms with van der Waals surface area (Å²) in [6, 6.07) is 13.5. The zero-order chi connectivity index (χ0) is 15.5. The standard InChI is InChI=1S/C15H13N5O2/c16-13(14-17-19-20-18-14)11-7-3-1-5-9(11)10-6-2-4-8-12(10)15(21)22/h1-8,13H,16H2,(H,21,22)(H,17,18,19,20). The van der Waals surface area contributed by atoms with Gasteiger partial charge in [0.2, 0.25) is 0 Å². The Balaban J connectivity index is 2.15. The predicted octanol–water partition coefficient (Wildman–Crippen LogP) is 1.61. The number of tetrazole rings is 1. The minimum absolute atomic E-state index is 0.218.